The molecule has 0 aliphatic carbocycles. The summed E-state index contributed by atoms with van der Waals surface area (Å²) in [5.41, 5.74) is 7.78. The minimum absolute atomic E-state index is 0.0225. The zero-order chi connectivity index (χ0) is 15.4. The number of ketones is 1. The van der Waals surface area contributed by atoms with Crippen LogP contribution in [0, 0.1) is 0 Å². The van der Waals surface area contributed by atoms with E-state index in [4.69, 9.17) is 10.2 Å². The first-order valence-corrected chi connectivity index (χ1v) is 7.61. The van der Waals surface area contributed by atoms with Gasteiger partial charge in [-0.2, -0.15) is 0 Å². The quantitative estimate of drug-likeness (QED) is 0.442. The molecule has 0 fully saturated rings. The Balaban J connectivity index is 1.66. The van der Waals surface area contributed by atoms with E-state index in [1.54, 1.807) is 24.3 Å². The molecule has 0 saturated carbocycles. The first kappa shape index (κ1) is 14.3. The van der Waals surface area contributed by atoms with Crippen molar-refractivity contribution >= 4 is 23.2 Å². The number of thioether (sulfide) groups is 1. The Morgan fingerprint density at radius 2 is 1.91 bits per heavy atom. The SMILES string of the molecule is Nc1cccc(-c2nnc(SCC(=O)c3ccccc3)o2)c1. The summed E-state index contributed by atoms with van der Waals surface area (Å²) >= 11 is 1.22. The Morgan fingerprint density at radius 1 is 1.09 bits per heavy atom. The van der Waals surface area contributed by atoms with Crippen LogP contribution < -0.4 is 5.73 Å². The summed E-state index contributed by atoms with van der Waals surface area (Å²) in [4.78, 5) is 12.0. The number of hydrogen-bond donors (Lipinski definition) is 1. The fraction of sp³-hybridized carbons (Fsp3) is 0.0625. The molecule has 0 aliphatic heterocycles. The summed E-state index contributed by atoms with van der Waals surface area (Å²) in [7, 11) is 0. The molecular formula is C16H13N3O2S. The smallest absolute Gasteiger partial charge is 0.277 e. The number of nitrogen functional groups attached to an aromatic ring is 1. The van der Waals surface area contributed by atoms with Crippen molar-refractivity contribution in [1.29, 1.82) is 0 Å². The molecule has 0 aliphatic rings. The molecule has 3 rings (SSSR count). The molecule has 0 bridgehead atoms. The monoisotopic (exact) mass is 311 g/mol. The summed E-state index contributed by atoms with van der Waals surface area (Å²) in [6.45, 7) is 0. The highest BCUT2D eigenvalue weighted by atomic mass is 32.2. The number of nitrogens with two attached hydrogens (primary N) is 1. The van der Waals surface area contributed by atoms with Crippen molar-refractivity contribution in [3.8, 4) is 11.5 Å². The number of anilines is 1. The Kier molecular flexibility index (Phi) is 4.20. The van der Waals surface area contributed by atoms with Gasteiger partial charge in [-0.05, 0) is 18.2 Å². The van der Waals surface area contributed by atoms with Gasteiger partial charge in [-0.3, -0.25) is 4.79 Å². The van der Waals surface area contributed by atoms with Gasteiger partial charge in [0.2, 0.25) is 5.89 Å². The Morgan fingerprint density at radius 3 is 2.68 bits per heavy atom. The van der Waals surface area contributed by atoms with Gasteiger partial charge in [0, 0.05) is 16.8 Å². The molecule has 2 aromatic carbocycles. The Hall–Kier alpha value is -2.60. The van der Waals surface area contributed by atoms with Crippen LogP contribution in [0.1, 0.15) is 10.4 Å². The third-order valence-electron chi connectivity index (χ3n) is 2.96. The lowest BCUT2D eigenvalue weighted by atomic mass is 10.2. The fourth-order valence-electron chi connectivity index (χ4n) is 1.89. The molecule has 0 radical (unpaired) electrons. The Labute approximate surface area is 131 Å². The van der Waals surface area contributed by atoms with E-state index >= 15 is 0 Å². The van der Waals surface area contributed by atoms with Crippen LogP contribution in [-0.2, 0) is 0 Å². The molecule has 5 nitrogen and oxygen atoms in total. The van der Waals surface area contributed by atoms with E-state index in [2.05, 4.69) is 10.2 Å². The van der Waals surface area contributed by atoms with Crippen molar-refractivity contribution in [2.45, 2.75) is 5.22 Å². The summed E-state index contributed by atoms with van der Waals surface area (Å²) in [6.07, 6.45) is 0. The molecule has 6 heteroatoms. The molecule has 0 saturated heterocycles. The predicted molar refractivity (Wildman–Crippen MR) is 85.6 cm³/mol. The van der Waals surface area contributed by atoms with Gasteiger partial charge >= 0.3 is 0 Å². The van der Waals surface area contributed by atoms with Crippen molar-refractivity contribution in [3.63, 3.8) is 0 Å². The zero-order valence-electron chi connectivity index (χ0n) is 11.6. The average Bonchev–Trinajstić information content (AvgIpc) is 3.02. The topological polar surface area (TPSA) is 82.0 Å². The van der Waals surface area contributed by atoms with Gasteiger partial charge in [0.25, 0.3) is 5.22 Å². The van der Waals surface area contributed by atoms with Gasteiger partial charge in [0.05, 0.1) is 5.75 Å². The Bertz CT molecular complexity index is 787. The van der Waals surface area contributed by atoms with Crippen molar-refractivity contribution < 1.29 is 9.21 Å². The van der Waals surface area contributed by atoms with Gasteiger partial charge < -0.3 is 10.2 Å². The summed E-state index contributed by atoms with van der Waals surface area (Å²) < 4.78 is 5.54. The number of carbonyl (C=O) groups is 1. The maximum Gasteiger partial charge on any atom is 0.277 e. The highest BCUT2D eigenvalue weighted by Gasteiger charge is 2.12. The first-order valence-electron chi connectivity index (χ1n) is 6.63. The lowest BCUT2D eigenvalue weighted by Gasteiger charge is -1.98. The zero-order valence-corrected chi connectivity index (χ0v) is 12.4. The summed E-state index contributed by atoms with van der Waals surface area (Å²) in [5, 5.41) is 8.28. The van der Waals surface area contributed by atoms with Gasteiger partial charge in [0.15, 0.2) is 5.78 Å². The second-order valence-electron chi connectivity index (χ2n) is 4.58. The van der Waals surface area contributed by atoms with E-state index < -0.39 is 0 Å². The minimum Gasteiger partial charge on any atom is -0.411 e. The fourth-order valence-corrected chi connectivity index (χ4v) is 2.55. The van der Waals surface area contributed by atoms with Crippen LogP contribution in [0.15, 0.2) is 64.2 Å². The third kappa shape index (κ3) is 3.35. The lowest BCUT2D eigenvalue weighted by Crippen LogP contribution is -2.01. The minimum atomic E-state index is 0.0225. The van der Waals surface area contributed by atoms with E-state index in [9.17, 15) is 4.79 Å². The molecule has 1 heterocycles. The van der Waals surface area contributed by atoms with Crippen LogP contribution in [-0.4, -0.2) is 21.7 Å². The number of hydrogen-bond acceptors (Lipinski definition) is 6. The van der Waals surface area contributed by atoms with Gasteiger partial charge in [-0.15, -0.1) is 10.2 Å². The van der Waals surface area contributed by atoms with E-state index in [-0.39, 0.29) is 11.5 Å². The molecule has 1 aromatic heterocycles. The van der Waals surface area contributed by atoms with E-state index in [1.807, 2.05) is 30.3 Å². The van der Waals surface area contributed by atoms with Crippen LogP contribution in [0.5, 0.6) is 0 Å². The number of carbonyl (C=O) groups excluding carboxylic acids is 1. The largest absolute Gasteiger partial charge is 0.411 e. The van der Waals surface area contributed by atoms with E-state index in [0.717, 1.165) is 5.56 Å². The number of aromatic nitrogens is 2. The number of nitrogens with zero attached hydrogens (tertiary/aromatic N) is 2. The second kappa shape index (κ2) is 6.44. The van der Waals surface area contributed by atoms with E-state index in [0.29, 0.717) is 22.4 Å². The van der Waals surface area contributed by atoms with Crippen LogP contribution >= 0.6 is 11.8 Å². The predicted octanol–water partition coefficient (Wildman–Crippen LogP) is 3.29. The maximum atomic E-state index is 12.0. The summed E-state index contributed by atoms with van der Waals surface area (Å²) in [6, 6.07) is 16.3. The summed E-state index contributed by atoms with van der Waals surface area (Å²) in [5.74, 6) is 0.666. The molecule has 0 atom stereocenters. The van der Waals surface area contributed by atoms with Crippen LogP contribution in [0.3, 0.4) is 0 Å². The molecule has 110 valence electrons. The highest BCUT2D eigenvalue weighted by molar-refractivity contribution is 7.99. The second-order valence-corrected chi connectivity index (χ2v) is 5.50. The van der Waals surface area contributed by atoms with Crippen LogP contribution in [0.25, 0.3) is 11.5 Å². The first-order chi connectivity index (χ1) is 10.7. The van der Waals surface area contributed by atoms with Crippen molar-refractivity contribution in [3.05, 3.63) is 60.2 Å². The molecule has 2 N–H and O–H groups in total. The lowest BCUT2D eigenvalue weighted by molar-refractivity contribution is 0.102. The van der Waals surface area contributed by atoms with Crippen molar-refractivity contribution in [2.75, 3.05) is 11.5 Å². The molecule has 0 spiro atoms. The van der Waals surface area contributed by atoms with Crippen LogP contribution in [0.4, 0.5) is 5.69 Å². The third-order valence-corrected chi connectivity index (χ3v) is 3.78. The molecule has 0 unspecified atom stereocenters. The number of Topliss-reactive ketones (excluding diaryl/α,β-unsaturated/α-hetero) is 1. The van der Waals surface area contributed by atoms with Gasteiger partial charge in [0.1, 0.15) is 0 Å². The number of benzene rings is 2. The molecule has 3 aromatic rings. The van der Waals surface area contributed by atoms with Gasteiger partial charge in [-0.25, -0.2) is 0 Å². The van der Waals surface area contributed by atoms with Gasteiger partial charge in [-0.1, -0.05) is 48.2 Å². The standard InChI is InChI=1S/C16H13N3O2S/c17-13-8-4-7-12(9-13)15-18-19-16(21-15)22-10-14(20)11-5-2-1-3-6-11/h1-9H,10,17H2. The van der Waals surface area contributed by atoms with E-state index in [1.165, 1.54) is 11.8 Å². The number of rotatable bonds is 5. The average molecular weight is 311 g/mol. The van der Waals surface area contributed by atoms with Crippen molar-refractivity contribution in [1.82, 2.24) is 10.2 Å². The normalized spacial score (nSPS) is 10.5. The maximum absolute atomic E-state index is 12.0. The molecule has 0 amide bonds. The van der Waals surface area contributed by atoms with Crippen LogP contribution in [0.2, 0.25) is 0 Å². The molecule has 22 heavy (non-hydrogen) atoms. The van der Waals surface area contributed by atoms with Crippen molar-refractivity contribution in [2.24, 2.45) is 0 Å². The molecular weight excluding hydrogens is 298 g/mol. The highest BCUT2D eigenvalue weighted by Crippen LogP contribution is 2.24.